The summed E-state index contributed by atoms with van der Waals surface area (Å²) in [5.41, 5.74) is 0. The van der Waals surface area contributed by atoms with E-state index in [2.05, 4.69) is 6.92 Å². The lowest BCUT2D eigenvalue weighted by atomic mass is 10.2. The lowest BCUT2D eigenvalue weighted by Gasteiger charge is -1.85. The monoisotopic (exact) mass is 125 g/mol. The van der Waals surface area contributed by atoms with Gasteiger partial charge >= 0.3 is 0 Å². The van der Waals surface area contributed by atoms with Gasteiger partial charge in [-0.2, -0.15) is 0 Å². The average Bonchev–Trinajstić information content (AvgIpc) is 1.89. The van der Waals surface area contributed by atoms with Crippen molar-refractivity contribution in [2.75, 3.05) is 0 Å². The molecule has 0 atom stereocenters. The minimum absolute atomic E-state index is 0.448. The Balaban J connectivity index is 2.94. The molecule has 0 aromatic heterocycles. The van der Waals surface area contributed by atoms with Gasteiger partial charge in [0.15, 0.2) is 0 Å². The first-order valence-corrected chi connectivity index (χ1v) is 3.41. The van der Waals surface area contributed by atoms with Crippen molar-refractivity contribution < 1.29 is 4.79 Å². The van der Waals surface area contributed by atoms with Crippen LogP contribution in [0, 0.1) is 0 Å². The Morgan fingerprint density at radius 3 is 2.78 bits per heavy atom. The Hall–Kier alpha value is -0.590. The highest BCUT2D eigenvalue weighted by Crippen LogP contribution is 1.94. The Kier molecular flexibility index (Phi) is 6.92. The smallest absolute Gasteiger partial charge is 0.202 e. The molecule has 0 saturated heterocycles. The topological polar surface area (TPSA) is 17.1 Å². The summed E-state index contributed by atoms with van der Waals surface area (Å²) < 4.78 is 0. The lowest BCUT2D eigenvalue weighted by Crippen LogP contribution is -1.68. The molecule has 0 aliphatic rings. The Bertz CT molecular complexity index is 84.6. The van der Waals surface area contributed by atoms with Crippen molar-refractivity contribution in [1.29, 1.82) is 0 Å². The molecule has 0 aliphatic carbocycles. The molecule has 0 aromatic carbocycles. The van der Waals surface area contributed by atoms with E-state index in [1.165, 1.54) is 12.8 Å². The van der Waals surface area contributed by atoms with Gasteiger partial charge in [-0.1, -0.05) is 31.9 Å². The quantitative estimate of drug-likeness (QED) is 0.407. The van der Waals surface area contributed by atoms with Gasteiger partial charge in [-0.25, -0.2) is 0 Å². The molecule has 0 fully saturated rings. The fourth-order valence-corrected chi connectivity index (χ4v) is 0.571. The van der Waals surface area contributed by atoms with E-state index in [4.69, 9.17) is 0 Å². The summed E-state index contributed by atoms with van der Waals surface area (Å²) in [6.45, 7) is 2.15. The Labute approximate surface area is 56.8 Å². The number of carbonyl (C=O) groups excluding carboxylic acids is 1. The summed E-state index contributed by atoms with van der Waals surface area (Å²) in [4.78, 5) is 9.66. The van der Waals surface area contributed by atoms with Crippen LogP contribution in [0.4, 0.5) is 0 Å². The average molecular weight is 125 g/mol. The molecule has 0 saturated carbocycles. The molecule has 0 N–H and O–H groups in total. The van der Waals surface area contributed by atoms with Gasteiger partial charge in [0.25, 0.3) is 0 Å². The van der Waals surface area contributed by atoms with E-state index in [-0.39, 0.29) is 0 Å². The minimum Gasteiger partial charge on any atom is -0.291 e. The van der Waals surface area contributed by atoms with Crippen molar-refractivity contribution in [3.63, 3.8) is 0 Å². The van der Waals surface area contributed by atoms with Gasteiger partial charge in [0, 0.05) is 6.42 Å². The zero-order valence-electron chi connectivity index (χ0n) is 5.89. The molecule has 0 rings (SSSR count). The molecule has 1 radical (unpaired) electrons. The van der Waals surface area contributed by atoms with Crippen LogP contribution < -0.4 is 0 Å². The van der Waals surface area contributed by atoms with Crippen LogP contribution >= 0.6 is 0 Å². The lowest BCUT2D eigenvalue weighted by molar-refractivity contribution is 0.556. The van der Waals surface area contributed by atoms with Crippen molar-refractivity contribution in [1.82, 2.24) is 0 Å². The molecule has 51 valence electrons. The van der Waals surface area contributed by atoms with Crippen LogP contribution in [0.5, 0.6) is 0 Å². The van der Waals surface area contributed by atoms with E-state index in [0.29, 0.717) is 6.42 Å². The molecule has 0 unspecified atom stereocenters. The zero-order valence-corrected chi connectivity index (χ0v) is 5.89. The van der Waals surface area contributed by atoms with Crippen LogP contribution in [0.1, 0.15) is 32.6 Å². The third kappa shape index (κ3) is 7.41. The van der Waals surface area contributed by atoms with E-state index >= 15 is 0 Å². The van der Waals surface area contributed by atoms with Crippen molar-refractivity contribution >= 4 is 6.29 Å². The predicted molar refractivity (Wildman–Crippen MR) is 39.0 cm³/mol. The molecule has 0 heterocycles. The number of hydrogen-bond donors (Lipinski definition) is 0. The van der Waals surface area contributed by atoms with E-state index < -0.39 is 0 Å². The molecule has 0 amide bonds. The van der Waals surface area contributed by atoms with Gasteiger partial charge in [0.05, 0.1) is 0 Å². The van der Waals surface area contributed by atoms with Crippen LogP contribution in [0.2, 0.25) is 0 Å². The first-order valence-electron chi connectivity index (χ1n) is 3.41. The predicted octanol–water partition coefficient (Wildman–Crippen LogP) is 2.23. The van der Waals surface area contributed by atoms with Crippen LogP contribution in [-0.4, -0.2) is 6.29 Å². The molecule has 1 nitrogen and oxygen atoms in total. The molecule has 0 aliphatic heterocycles. The second-order valence-electron chi connectivity index (χ2n) is 1.96. The standard InChI is InChI=1S/C8H13O/c1-2-3-4-5-6-7-8-9/h5-6H,2-4,7H2,1H3. The Morgan fingerprint density at radius 2 is 2.22 bits per heavy atom. The molecule has 0 spiro atoms. The van der Waals surface area contributed by atoms with E-state index in [9.17, 15) is 4.79 Å². The number of allylic oxidation sites excluding steroid dienone is 2. The zero-order chi connectivity index (χ0) is 6.95. The summed E-state index contributed by atoms with van der Waals surface area (Å²) in [5.74, 6) is 0. The molecular weight excluding hydrogens is 112 g/mol. The van der Waals surface area contributed by atoms with Crippen LogP contribution in [0.3, 0.4) is 0 Å². The van der Waals surface area contributed by atoms with Gasteiger partial charge < -0.3 is 0 Å². The highest BCUT2D eigenvalue weighted by atomic mass is 16.1. The molecule has 1 heteroatoms. The van der Waals surface area contributed by atoms with Gasteiger partial charge in [-0.3, -0.25) is 4.79 Å². The molecular formula is C8H13O. The first kappa shape index (κ1) is 8.41. The van der Waals surface area contributed by atoms with Gasteiger partial charge in [0.2, 0.25) is 6.29 Å². The summed E-state index contributed by atoms with van der Waals surface area (Å²) >= 11 is 0. The SMILES string of the molecule is CCCCC=CC[C]=O. The van der Waals surface area contributed by atoms with E-state index in [1.807, 2.05) is 18.4 Å². The van der Waals surface area contributed by atoms with Gasteiger partial charge in [-0.15, -0.1) is 0 Å². The Morgan fingerprint density at radius 1 is 1.44 bits per heavy atom. The van der Waals surface area contributed by atoms with Crippen molar-refractivity contribution in [2.45, 2.75) is 32.6 Å². The maximum absolute atomic E-state index is 9.66. The fourth-order valence-electron chi connectivity index (χ4n) is 0.571. The maximum Gasteiger partial charge on any atom is 0.202 e. The number of rotatable bonds is 5. The normalized spacial score (nSPS) is 10.3. The van der Waals surface area contributed by atoms with Crippen LogP contribution in [0.15, 0.2) is 12.2 Å². The van der Waals surface area contributed by atoms with Crippen molar-refractivity contribution in [3.05, 3.63) is 12.2 Å². The van der Waals surface area contributed by atoms with Crippen LogP contribution in [0.25, 0.3) is 0 Å². The summed E-state index contributed by atoms with van der Waals surface area (Å²) in [7, 11) is 0. The third-order valence-electron chi connectivity index (χ3n) is 1.09. The summed E-state index contributed by atoms with van der Waals surface area (Å²) in [6, 6.07) is 0. The number of unbranched alkanes of at least 4 members (excludes halogenated alkanes) is 2. The third-order valence-corrected chi connectivity index (χ3v) is 1.09. The van der Waals surface area contributed by atoms with Gasteiger partial charge in [0.1, 0.15) is 0 Å². The largest absolute Gasteiger partial charge is 0.291 e. The summed E-state index contributed by atoms with van der Waals surface area (Å²) in [6.07, 6.45) is 9.69. The van der Waals surface area contributed by atoms with Crippen molar-refractivity contribution in [3.8, 4) is 0 Å². The van der Waals surface area contributed by atoms with Gasteiger partial charge in [-0.05, 0) is 6.42 Å². The summed E-state index contributed by atoms with van der Waals surface area (Å²) in [5, 5.41) is 0. The van der Waals surface area contributed by atoms with Crippen molar-refractivity contribution in [2.24, 2.45) is 0 Å². The van der Waals surface area contributed by atoms with Crippen LogP contribution in [-0.2, 0) is 4.79 Å². The highest BCUT2D eigenvalue weighted by molar-refractivity contribution is 5.52. The first-order chi connectivity index (χ1) is 4.41. The fraction of sp³-hybridized carbons (Fsp3) is 0.625. The number of hydrogen-bond acceptors (Lipinski definition) is 1. The highest BCUT2D eigenvalue weighted by Gasteiger charge is 1.76. The second kappa shape index (κ2) is 7.41. The molecule has 0 aromatic rings. The molecule has 0 bridgehead atoms. The van der Waals surface area contributed by atoms with E-state index in [0.717, 1.165) is 6.42 Å². The maximum atomic E-state index is 9.66. The minimum atomic E-state index is 0.448. The molecule has 9 heavy (non-hydrogen) atoms. The van der Waals surface area contributed by atoms with E-state index in [1.54, 1.807) is 0 Å². The second-order valence-corrected chi connectivity index (χ2v) is 1.96.